The predicted octanol–water partition coefficient (Wildman–Crippen LogP) is 2.83. The van der Waals surface area contributed by atoms with Gasteiger partial charge in [-0.2, -0.15) is 0 Å². The Hall–Kier alpha value is -0.0800. The Labute approximate surface area is 89.3 Å². The number of aliphatic hydroxyl groups is 2. The Morgan fingerprint density at radius 1 is 0.857 bits per heavy atom. The molecule has 0 fully saturated rings. The zero-order valence-electron chi connectivity index (χ0n) is 11.0. The fraction of sp³-hybridized carbons (Fsp3) is 1.00. The van der Waals surface area contributed by atoms with Crippen LogP contribution in [0.3, 0.4) is 0 Å². The van der Waals surface area contributed by atoms with Crippen LogP contribution in [0.25, 0.3) is 0 Å². The summed E-state index contributed by atoms with van der Waals surface area (Å²) in [5.74, 6) is 0.354. The number of aliphatic hydroxyl groups excluding tert-OH is 1. The monoisotopic (exact) mass is 204 g/mol. The summed E-state index contributed by atoms with van der Waals surface area (Å²) < 4.78 is 0. The molecule has 1 atom stereocenters. The van der Waals surface area contributed by atoms with Crippen molar-refractivity contribution in [3.8, 4) is 0 Å². The summed E-state index contributed by atoms with van der Waals surface area (Å²) in [5, 5.41) is 18.0. The third-order valence-electron chi connectivity index (χ3n) is 2.67. The van der Waals surface area contributed by atoms with Gasteiger partial charge in [-0.1, -0.05) is 34.6 Å². The maximum atomic E-state index is 9.09. The van der Waals surface area contributed by atoms with E-state index < -0.39 is 5.60 Å². The van der Waals surface area contributed by atoms with Gasteiger partial charge in [-0.05, 0) is 32.1 Å². The van der Waals surface area contributed by atoms with Crippen LogP contribution in [0.5, 0.6) is 0 Å². The minimum Gasteiger partial charge on any atom is -0.393 e. The Bertz CT molecular complexity index is 117. The molecule has 0 saturated heterocycles. The maximum absolute atomic E-state index is 9.09. The van der Waals surface area contributed by atoms with E-state index in [0.717, 1.165) is 0 Å². The van der Waals surface area contributed by atoms with E-state index in [1.165, 1.54) is 0 Å². The van der Waals surface area contributed by atoms with Crippen LogP contribution in [-0.2, 0) is 0 Å². The standard InChI is InChI=1S/2C6H14O/c1-5(7)6(2,3)4;1-5(2)6(3,4)7/h2*5,7H,1-4H3. The second-order valence-electron chi connectivity index (χ2n) is 5.85. The van der Waals surface area contributed by atoms with Crippen LogP contribution in [0.2, 0.25) is 0 Å². The van der Waals surface area contributed by atoms with Gasteiger partial charge in [0.2, 0.25) is 0 Å². The number of rotatable bonds is 1. The van der Waals surface area contributed by atoms with Crippen molar-refractivity contribution >= 4 is 0 Å². The quantitative estimate of drug-likeness (QED) is 0.689. The summed E-state index contributed by atoms with van der Waals surface area (Å²) in [7, 11) is 0. The molecule has 14 heavy (non-hydrogen) atoms. The molecule has 0 aliphatic carbocycles. The second-order valence-corrected chi connectivity index (χ2v) is 5.85. The Morgan fingerprint density at radius 3 is 1.00 bits per heavy atom. The normalized spacial score (nSPS) is 14.8. The van der Waals surface area contributed by atoms with Crippen molar-refractivity contribution in [3.63, 3.8) is 0 Å². The van der Waals surface area contributed by atoms with Crippen LogP contribution >= 0.6 is 0 Å². The summed E-state index contributed by atoms with van der Waals surface area (Å²) >= 11 is 0. The zero-order chi connectivity index (χ0) is 12.2. The lowest BCUT2D eigenvalue weighted by molar-refractivity contribution is 0.0327. The Kier molecular flexibility index (Phi) is 6.68. The summed E-state index contributed by atoms with van der Waals surface area (Å²) in [6.45, 7) is 15.5. The van der Waals surface area contributed by atoms with Crippen molar-refractivity contribution in [2.24, 2.45) is 11.3 Å². The van der Waals surface area contributed by atoms with Crippen molar-refractivity contribution in [2.75, 3.05) is 0 Å². The van der Waals surface area contributed by atoms with E-state index in [1.807, 2.05) is 48.5 Å². The first kappa shape index (κ1) is 16.4. The van der Waals surface area contributed by atoms with Gasteiger partial charge in [0, 0.05) is 0 Å². The first-order valence-corrected chi connectivity index (χ1v) is 5.29. The van der Waals surface area contributed by atoms with Gasteiger partial charge in [-0.3, -0.25) is 0 Å². The van der Waals surface area contributed by atoms with Gasteiger partial charge in [-0.15, -0.1) is 0 Å². The van der Waals surface area contributed by atoms with Crippen molar-refractivity contribution in [1.82, 2.24) is 0 Å². The first-order chi connectivity index (χ1) is 5.89. The SMILES string of the molecule is CC(C)C(C)(C)O.CC(O)C(C)(C)C. The summed E-state index contributed by atoms with van der Waals surface area (Å²) in [5.41, 5.74) is -0.444. The lowest BCUT2D eigenvalue weighted by Gasteiger charge is -2.21. The van der Waals surface area contributed by atoms with Crippen LogP contribution < -0.4 is 0 Å². The molecule has 88 valence electrons. The van der Waals surface area contributed by atoms with Crippen LogP contribution in [0.1, 0.15) is 55.4 Å². The molecule has 0 saturated carbocycles. The van der Waals surface area contributed by atoms with Gasteiger partial charge in [-0.25, -0.2) is 0 Å². The summed E-state index contributed by atoms with van der Waals surface area (Å²) in [6.07, 6.45) is -0.201. The molecule has 0 bridgehead atoms. The highest BCUT2D eigenvalue weighted by Crippen LogP contribution is 2.17. The predicted molar refractivity (Wildman–Crippen MR) is 62.3 cm³/mol. The Balaban J connectivity index is 0. The summed E-state index contributed by atoms with van der Waals surface area (Å²) in [6, 6.07) is 0. The topological polar surface area (TPSA) is 40.5 Å². The number of hydrogen-bond acceptors (Lipinski definition) is 2. The van der Waals surface area contributed by atoms with E-state index in [2.05, 4.69) is 0 Å². The third kappa shape index (κ3) is 10.0. The lowest BCUT2D eigenvalue weighted by Crippen LogP contribution is -2.25. The molecule has 0 aromatic rings. The molecule has 0 heterocycles. The molecule has 2 N–H and O–H groups in total. The van der Waals surface area contributed by atoms with Crippen LogP contribution in [0, 0.1) is 11.3 Å². The average molecular weight is 204 g/mol. The van der Waals surface area contributed by atoms with Gasteiger partial charge < -0.3 is 10.2 Å². The van der Waals surface area contributed by atoms with Crippen LogP contribution in [0.15, 0.2) is 0 Å². The molecule has 0 radical (unpaired) electrons. The van der Waals surface area contributed by atoms with Crippen molar-refractivity contribution in [2.45, 2.75) is 67.1 Å². The van der Waals surface area contributed by atoms with Crippen LogP contribution in [-0.4, -0.2) is 21.9 Å². The molecule has 0 aliphatic rings. The van der Waals surface area contributed by atoms with E-state index >= 15 is 0 Å². The van der Waals surface area contributed by atoms with E-state index in [0.29, 0.717) is 5.92 Å². The van der Waals surface area contributed by atoms with Crippen molar-refractivity contribution < 1.29 is 10.2 Å². The molecule has 2 heteroatoms. The Morgan fingerprint density at radius 2 is 1.00 bits per heavy atom. The highest BCUT2D eigenvalue weighted by molar-refractivity contribution is 4.68. The minimum absolute atomic E-state index is 0.0556. The maximum Gasteiger partial charge on any atom is 0.0614 e. The van der Waals surface area contributed by atoms with Gasteiger partial charge in [0.05, 0.1) is 11.7 Å². The molecule has 0 aromatic carbocycles. The first-order valence-electron chi connectivity index (χ1n) is 5.29. The second kappa shape index (κ2) is 5.72. The van der Waals surface area contributed by atoms with E-state index in [4.69, 9.17) is 10.2 Å². The number of hydrogen-bond donors (Lipinski definition) is 2. The van der Waals surface area contributed by atoms with Crippen LogP contribution in [0.4, 0.5) is 0 Å². The van der Waals surface area contributed by atoms with E-state index in [-0.39, 0.29) is 11.5 Å². The lowest BCUT2D eigenvalue weighted by atomic mass is 9.91. The van der Waals surface area contributed by atoms with E-state index in [1.54, 1.807) is 6.92 Å². The molecule has 0 aromatic heterocycles. The molecule has 2 nitrogen and oxygen atoms in total. The van der Waals surface area contributed by atoms with Crippen molar-refractivity contribution in [3.05, 3.63) is 0 Å². The average Bonchev–Trinajstić information content (AvgIpc) is 1.83. The molecule has 1 unspecified atom stereocenters. The molecular formula is C12H28O2. The fourth-order valence-electron chi connectivity index (χ4n) is 0. The summed E-state index contributed by atoms with van der Waals surface area (Å²) in [4.78, 5) is 0. The van der Waals surface area contributed by atoms with Crippen molar-refractivity contribution in [1.29, 1.82) is 0 Å². The fourth-order valence-corrected chi connectivity index (χ4v) is 0. The molecular weight excluding hydrogens is 176 g/mol. The molecule has 0 spiro atoms. The van der Waals surface area contributed by atoms with Gasteiger partial charge in [0.25, 0.3) is 0 Å². The van der Waals surface area contributed by atoms with Gasteiger partial charge in [0.1, 0.15) is 0 Å². The van der Waals surface area contributed by atoms with Gasteiger partial charge in [0.15, 0.2) is 0 Å². The highest BCUT2D eigenvalue weighted by atomic mass is 16.3. The minimum atomic E-state index is -0.500. The molecule has 0 rings (SSSR count). The molecule has 0 aliphatic heterocycles. The largest absolute Gasteiger partial charge is 0.393 e. The van der Waals surface area contributed by atoms with E-state index in [9.17, 15) is 0 Å². The molecule has 0 amide bonds. The smallest absolute Gasteiger partial charge is 0.0614 e. The zero-order valence-corrected chi connectivity index (χ0v) is 11.0. The third-order valence-corrected chi connectivity index (χ3v) is 2.67. The van der Waals surface area contributed by atoms with Gasteiger partial charge >= 0.3 is 0 Å². The highest BCUT2D eigenvalue weighted by Gasteiger charge is 2.16.